The van der Waals surface area contributed by atoms with Gasteiger partial charge in [-0.1, -0.05) is 82.6 Å². The molecule has 1 fully saturated rings. The normalized spacial score (nSPS) is 20.9. The summed E-state index contributed by atoms with van der Waals surface area (Å²) in [6, 6.07) is 8.36. The van der Waals surface area contributed by atoms with Gasteiger partial charge in [0.25, 0.3) is 0 Å². The first kappa shape index (κ1) is 19.2. The fourth-order valence-electron chi connectivity index (χ4n) is 4.16. The van der Waals surface area contributed by atoms with E-state index >= 15 is 0 Å². The van der Waals surface area contributed by atoms with E-state index in [-0.39, 0.29) is 5.78 Å². The van der Waals surface area contributed by atoms with Crippen molar-refractivity contribution in [3.63, 3.8) is 0 Å². The maximum atomic E-state index is 11.4. The predicted octanol–water partition coefficient (Wildman–Crippen LogP) is 7.30. The summed E-state index contributed by atoms with van der Waals surface area (Å²) in [5, 5.41) is 0. The molecule has 1 nitrogen and oxygen atoms in total. The van der Waals surface area contributed by atoms with Crippen molar-refractivity contribution in [1.82, 2.24) is 0 Å². The summed E-state index contributed by atoms with van der Waals surface area (Å²) >= 11 is 0. The highest BCUT2D eigenvalue weighted by atomic mass is 16.1. The molecule has 0 bridgehead atoms. The van der Waals surface area contributed by atoms with Crippen molar-refractivity contribution in [3.05, 3.63) is 35.4 Å². The maximum Gasteiger partial charge on any atom is 0.159 e. The molecule has 1 saturated carbocycles. The van der Waals surface area contributed by atoms with Crippen LogP contribution in [0.5, 0.6) is 0 Å². The zero-order chi connectivity index (χ0) is 17.2. The van der Waals surface area contributed by atoms with Crippen LogP contribution in [-0.4, -0.2) is 5.78 Å². The lowest BCUT2D eigenvalue weighted by Crippen LogP contribution is -2.13. The van der Waals surface area contributed by atoms with E-state index < -0.39 is 0 Å². The summed E-state index contributed by atoms with van der Waals surface area (Å²) in [5.74, 6) is 1.85. The minimum atomic E-state index is 0.167. The predicted molar refractivity (Wildman–Crippen MR) is 104 cm³/mol. The molecule has 0 aromatic heterocycles. The van der Waals surface area contributed by atoms with Gasteiger partial charge in [-0.05, 0) is 50.0 Å². The van der Waals surface area contributed by atoms with Gasteiger partial charge in [-0.25, -0.2) is 0 Å². The Kier molecular flexibility index (Phi) is 8.56. The van der Waals surface area contributed by atoms with Gasteiger partial charge in [0.1, 0.15) is 0 Å². The summed E-state index contributed by atoms with van der Waals surface area (Å²) in [6.45, 7) is 3.93. The second-order valence-electron chi connectivity index (χ2n) is 7.81. The molecule has 1 aromatic rings. The Morgan fingerprint density at radius 3 is 2.04 bits per heavy atom. The highest BCUT2D eigenvalue weighted by Crippen LogP contribution is 2.37. The largest absolute Gasteiger partial charge is 0.295 e. The Balaban J connectivity index is 1.62. The van der Waals surface area contributed by atoms with Crippen LogP contribution in [0.3, 0.4) is 0 Å². The monoisotopic (exact) mass is 328 g/mol. The zero-order valence-corrected chi connectivity index (χ0v) is 15.9. The molecule has 1 aliphatic rings. The van der Waals surface area contributed by atoms with Crippen molar-refractivity contribution < 1.29 is 4.79 Å². The molecule has 1 aromatic carbocycles. The van der Waals surface area contributed by atoms with Crippen LogP contribution < -0.4 is 0 Å². The van der Waals surface area contributed by atoms with Gasteiger partial charge in [0.2, 0.25) is 0 Å². The molecule has 0 unspecified atom stereocenters. The van der Waals surface area contributed by atoms with Crippen molar-refractivity contribution >= 4 is 5.78 Å². The number of ketones is 1. The Labute approximate surface area is 149 Å². The molecule has 24 heavy (non-hydrogen) atoms. The lowest BCUT2D eigenvalue weighted by molar-refractivity contribution is 0.101. The van der Waals surface area contributed by atoms with E-state index in [1.807, 2.05) is 12.1 Å². The van der Waals surface area contributed by atoms with Gasteiger partial charge in [0, 0.05) is 5.56 Å². The summed E-state index contributed by atoms with van der Waals surface area (Å²) in [5.41, 5.74) is 2.28. The lowest BCUT2D eigenvalue weighted by Gasteiger charge is -2.29. The van der Waals surface area contributed by atoms with Crippen molar-refractivity contribution in [2.45, 2.75) is 96.8 Å². The zero-order valence-electron chi connectivity index (χ0n) is 15.9. The molecular weight excluding hydrogens is 292 g/mol. The number of carbonyl (C=O) groups excluding carboxylic acids is 1. The third-order valence-electron chi connectivity index (χ3n) is 5.85. The molecule has 0 atom stereocenters. The summed E-state index contributed by atoms with van der Waals surface area (Å²) in [6.07, 6.45) is 16.9. The lowest BCUT2D eigenvalue weighted by atomic mass is 9.77. The van der Waals surface area contributed by atoms with Crippen molar-refractivity contribution in [3.8, 4) is 0 Å². The summed E-state index contributed by atoms with van der Waals surface area (Å²) in [7, 11) is 0. The minimum Gasteiger partial charge on any atom is -0.295 e. The van der Waals surface area contributed by atoms with Crippen LogP contribution in [0.4, 0.5) is 0 Å². The van der Waals surface area contributed by atoms with E-state index in [9.17, 15) is 4.79 Å². The Morgan fingerprint density at radius 2 is 1.46 bits per heavy atom. The number of benzene rings is 1. The van der Waals surface area contributed by atoms with Crippen LogP contribution in [0.2, 0.25) is 0 Å². The van der Waals surface area contributed by atoms with Gasteiger partial charge in [-0.15, -0.1) is 0 Å². The van der Waals surface area contributed by atoms with E-state index in [1.54, 1.807) is 6.92 Å². The smallest absolute Gasteiger partial charge is 0.159 e. The topological polar surface area (TPSA) is 17.1 Å². The van der Waals surface area contributed by atoms with Crippen LogP contribution in [-0.2, 0) is 0 Å². The molecule has 1 aliphatic carbocycles. The van der Waals surface area contributed by atoms with Crippen molar-refractivity contribution in [2.24, 2.45) is 5.92 Å². The number of rotatable bonds is 10. The summed E-state index contributed by atoms with van der Waals surface area (Å²) in [4.78, 5) is 11.4. The molecule has 0 N–H and O–H groups in total. The van der Waals surface area contributed by atoms with Crippen LogP contribution in [0.15, 0.2) is 24.3 Å². The van der Waals surface area contributed by atoms with Crippen LogP contribution in [0.1, 0.15) is 113 Å². The fourth-order valence-corrected chi connectivity index (χ4v) is 4.16. The highest BCUT2D eigenvalue weighted by Gasteiger charge is 2.22. The molecule has 0 saturated heterocycles. The average molecular weight is 329 g/mol. The first-order valence-electron chi connectivity index (χ1n) is 10.3. The van der Waals surface area contributed by atoms with E-state index in [1.165, 1.54) is 82.6 Å². The van der Waals surface area contributed by atoms with E-state index in [0.29, 0.717) is 0 Å². The van der Waals surface area contributed by atoms with Gasteiger partial charge in [0.15, 0.2) is 5.78 Å². The Morgan fingerprint density at radius 1 is 0.875 bits per heavy atom. The second-order valence-corrected chi connectivity index (χ2v) is 7.81. The van der Waals surface area contributed by atoms with Crippen LogP contribution >= 0.6 is 0 Å². The van der Waals surface area contributed by atoms with Gasteiger partial charge in [-0.2, -0.15) is 0 Å². The number of Topliss-reactive ketones (excluding diaryl/α,β-unsaturated/α-hetero) is 1. The third kappa shape index (κ3) is 6.42. The van der Waals surface area contributed by atoms with E-state index in [0.717, 1.165) is 17.4 Å². The summed E-state index contributed by atoms with van der Waals surface area (Å²) < 4.78 is 0. The van der Waals surface area contributed by atoms with Crippen molar-refractivity contribution in [1.29, 1.82) is 0 Å². The van der Waals surface area contributed by atoms with Crippen LogP contribution in [0.25, 0.3) is 0 Å². The van der Waals surface area contributed by atoms with Gasteiger partial charge >= 0.3 is 0 Å². The SMILES string of the molecule is CCCCCCCCCC1CCC(c2ccc(C(C)=O)cc2)CC1. The van der Waals surface area contributed by atoms with Crippen LogP contribution in [0, 0.1) is 5.92 Å². The Bertz CT molecular complexity index is 465. The van der Waals surface area contributed by atoms with Gasteiger partial charge < -0.3 is 0 Å². The molecule has 0 spiro atoms. The number of unbranched alkanes of at least 4 members (excludes halogenated alkanes) is 6. The van der Waals surface area contributed by atoms with Gasteiger partial charge in [-0.3, -0.25) is 4.79 Å². The van der Waals surface area contributed by atoms with E-state index in [4.69, 9.17) is 0 Å². The van der Waals surface area contributed by atoms with E-state index in [2.05, 4.69) is 19.1 Å². The van der Waals surface area contributed by atoms with Crippen molar-refractivity contribution in [2.75, 3.05) is 0 Å². The molecule has 134 valence electrons. The number of hydrogen-bond donors (Lipinski definition) is 0. The highest BCUT2D eigenvalue weighted by molar-refractivity contribution is 5.94. The quantitative estimate of drug-likeness (QED) is 0.325. The number of hydrogen-bond acceptors (Lipinski definition) is 1. The standard InChI is InChI=1S/C23H36O/c1-3-4-5-6-7-8-9-10-20-11-13-22(14-12-20)23-17-15-21(16-18-23)19(2)24/h15-18,20,22H,3-14H2,1-2H3. The molecular formula is C23H36O. The second kappa shape index (κ2) is 10.7. The molecule has 2 rings (SSSR count). The Hall–Kier alpha value is -1.11. The fraction of sp³-hybridized carbons (Fsp3) is 0.696. The first-order chi connectivity index (χ1) is 11.7. The molecule has 0 amide bonds. The third-order valence-corrected chi connectivity index (χ3v) is 5.85. The van der Waals surface area contributed by atoms with Gasteiger partial charge in [0.05, 0.1) is 0 Å². The maximum absolute atomic E-state index is 11.4. The molecule has 0 heterocycles. The molecule has 0 radical (unpaired) electrons. The number of carbonyl (C=O) groups is 1. The average Bonchev–Trinajstić information content (AvgIpc) is 2.61. The molecule has 1 heteroatoms. The molecule has 0 aliphatic heterocycles. The minimum absolute atomic E-state index is 0.167. The first-order valence-corrected chi connectivity index (χ1v) is 10.3.